The van der Waals surface area contributed by atoms with E-state index in [4.69, 9.17) is 4.74 Å². The number of amides is 1. The molecule has 0 heterocycles. The second-order valence-electron chi connectivity index (χ2n) is 5.70. The summed E-state index contributed by atoms with van der Waals surface area (Å²) in [5.74, 6) is 1.43. The van der Waals surface area contributed by atoms with E-state index >= 15 is 0 Å². The van der Waals surface area contributed by atoms with Crippen LogP contribution in [-0.2, 0) is 6.42 Å². The van der Waals surface area contributed by atoms with E-state index in [0.29, 0.717) is 11.3 Å². The van der Waals surface area contributed by atoms with Crippen LogP contribution in [0, 0.1) is 0 Å². The molecule has 0 bridgehead atoms. The SMILES string of the molecule is CN(C)C(=O)c1ccc(Oc2cccc3c2CC[C@@H]3O)cc1. The number of nitrogens with zero attached hydrogens (tertiary/aromatic N) is 1. The summed E-state index contributed by atoms with van der Waals surface area (Å²) in [6.45, 7) is 0. The lowest BCUT2D eigenvalue weighted by Crippen LogP contribution is -2.21. The Kier molecular flexibility index (Phi) is 3.86. The van der Waals surface area contributed by atoms with E-state index in [-0.39, 0.29) is 5.91 Å². The van der Waals surface area contributed by atoms with Gasteiger partial charge in [0.2, 0.25) is 0 Å². The molecule has 0 saturated heterocycles. The van der Waals surface area contributed by atoms with Gasteiger partial charge in [0.1, 0.15) is 11.5 Å². The van der Waals surface area contributed by atoms with Gasteiger partial charge in [-0.3, -0.25) is 4.79 Å². The first-order valence-corrected chi connectivity index (χ1v) is 7.35. The fraction of sp³-hybridized carbons (Fsp3) is 0.278. The molecular formula is C18H19NO3. The summed E-state index contributed by atoms with van der Waals surface area (Å²) in [5, 5.41) is 9.92. The minimum absolute atomic E-state index is 0.0322. The van der Waals surface area contributed by atoms with Crippen molar-refractivity contribution in [1.29, 1.82) is 0 Å². The molecule has 1 aliphatic rings. The van der Waals surface area contributed by atoms with Crippen LogP contribution in [0.4, 0.5) is 0 Å². The predicted molar refractivity (Wildman–Crippen MR) is 84.3 cm³/mol. The Morgan fingerprint density at radius 2 is 1.91 bits per heavy atom. The lowest BCUT2D eigenvalue weighted by atomic mass is 10.1. The highest BCUT2D eigenvalue weighted by atomic mass is 16.5. The average molecular weight is 297 g/mol. The van der Waals surface area contributed by atoms with Crippen molar-refractivity contribution in [2.75, 3.05) is 14.1 Å². The average Bonchev–Trinajstić information content (AvgIpc) is 2.90. The van der Waals surface area contributed by atoms with Crippen LogP contribution in [0.1, 0.15) is 34.0 Å². The number of hydrogen-bond acceptors (Lipinski definition) is 3. The molecule has 0 aliphatic heterocycles. The number of aliphatic hydroxyl groups excluding tert-OH is 1. The molecule has 1 amide bonds. The number of rotatable bonds is 3. The summed E-state index contributed by atoms with van der Waals surface area (Å²) in [5.41, 5.74) is 2.66. The Morgan fingerprint density at radius 3 is 2.59 bits per heavy atom. The maximum atomic E-state index is 11.9. The summed E-state index contributed by atoms with van der Waals surface area (Å²) < 4.78 is 5.93. The molecular weight excluding hydrogens is 278 g/mol. The van der Waals surface area contributed by atoms with Crippen molar-refractivity contribution in [3.8, 4) is 11.5 Å². The van der Waals surface area contributed by atoms with Crippen molar-refractivity contribution in [2.45, 2.75) is 18.9 Å². The zero-order valence-corrected chi connectivity index (χ0v) is 12.7. The number of hydrogen-bond donors (Lipinski definition) is 1. The van der Waals surface area contributed by atoms with Crippen molar-refractivity contribution < 1.29 is 14.6 Å². The van der Waals surface area contributed by atoms with E-state index in [1.165, 1.54) is 0 Å². The van der Waals surface area contributed by atoms with Crippen LogP contribution in [-0.4, -0.2) is 30.0 Å². The molecule has 2 aromatic rings. The number of carbonyl (C=O) groups excluding carboxylic acids is 1. The maximum absolute atomic E-state index is 11.9. The van der Waals surface area contributed by atoms with Gasteiger partial charge in [-0.25, -0.2) is 0 Å². The molecule has 114 valence electrons. The molecule has 0 radical (unpaired) electrons. The van der Waals surface area contributed by atoms with Crippen molar-refractivity contribution in [2.24, 2.45) is 0 Å². The van der Waals surface area contributed by atoms with E-state index < -0.39 is 6.10 Å². The van der Waals surface area contributed by atoms with Crippen LogP contribution in [0.3, 0.4) is 0 Å². The Balaban J connectivity index is 1.82. The van der Waals surface area contributed by atoms with Crippen LogP contribution in [0.2, 0.25) is 0 Å². The topological polar surface area (TPSA) is 49.8 Å². The summed E-state index contributed by atoms with van der Waals surface area (Å²) in [6, 6.07) is 12.9. The summed E-state index contributed by atoms with van der Waals surface area (Å²) >= 11 is 0. The minimum atomic E-state index is -0.390. The van der Waals surface area contributed by atoms with Crippen LogP contribution in [0.15, 0.2) is 42.5 Å². The fourth-order valence-corrected chi connectivity index (χ4v) is 2.75. The van der Waals surface area contributed by atoms with E-state index in [0.717, 1.165) is 29.7 Å². The van der Waals surface area contributed by atoms with Crippen molar-refractivity contribution in [1.82, 2.24) is 4.90 Å². The number of fused-ring (bicyclic) bond motifs is 1. The number of aliphatic hydroxyl groups is 1. The van der Waals surface area contributed by atoms with Gasteiger partial charge < -0.3 is 14.7 Å². The zero-order chi connectivity index (χ0) is 15.7. The summed E-state index contributed by atoms with van der Waals surface area (Å²) in [4.78, 5) is 13.4. The molecule has 1 N–H and O–H groups in total. The molecule has 1 atom stereocenters. The first kappa shape index (κ1) is 14.6. The number of carbonyl (C=O) groups is 1. The van der Waals surface area contributed by atoms with Gasteiger partial charge in [0.05, 0.1) is 6.10 Å². The molecule has 2 aromatic carbocycles. The molecule has 3 rings (SSSR count). The molecule has 1 aliphatic carbocycles. The van der Waals surface area contributed by atoms with E-state index in [9.17, 15) is 9.90 Å². The maximum Gasteiger partial charge on any atom is 0.253 e. The third kappa shape index (κ3) is 2.70. The van der Waals surface area contributed by atoms with Crippen LogP contribution >= 0.6 is 0 Å². The van der Waals surface area contributed by atoms with Gasteiger partial charge in [-0.15, -0.1) is 0 Å². The molecule has 0 spiro atoms. The zero-order valence-electron chi connectivity index (χ0n) is 12.7. The van der Waals surface area contributed by atoms with Gasteiger partial charge in [0.15, 0.2) is 0 Å². The molecule has 4 heteroatoms. The highest BCUT2D eigenvalue weighted by molar-refractivity contribution is 5.93. The van der Waals surface area contributed by atoms with Gasteiger partial charge in [0.25, 0.3) is 5.91 Å². The molecule has 0 unspecified atom stereocenters. The second-order valence-corrected chi connectivity index (χ2v) is 5.70. The van der Waals surface area contributed by atoms with E-state index in [1.54, 1.807) is 43.3 Å². The van der Waals surface area contributed by atoms with Crippen LogP contribution < -0.4 is 4.74 Å². The Bertz CT molecular complexity index is 692. The smallest absolute Gasteiger partial charge is 0.253 e. The molecule has 0 aromatic heterocycles. The molecule has 0 saturated carbocycles. The summed E-state index contributed by atoms with van der Waals surface area (Å²) in [7, 11) is 3.46. The van der Waals surface area contributed by atoms with Gasteiger partial charge >= 0.3 is 0 Å². The highest BCUT2D eigenvalue weighted by Crippen LogP contribution is 2.38. The quantitative estimate of drug-likeness (QED) is 0.946. The number of ether oxygens (including phenoxy) is 1. The first-order chi connectivity index (χ1) is 10.6. The Morgan fingerprint density at radius 1 is 1.18 bits per heavy atom. The van der Waals surface area contributed by atoms with Crippen molar-refractivity contribution in [3.05, 3.63) is 59.2 Å². The largest absolute Gasteiger partial charge is 0.457 e. The Labute approximate surface area is 130 Å². The van der Waals surface area contributed by atoms with Gasteiger partial charge in [-0.05, 0) is 48.7 Å². The van der Waals surface area contributed by atoms with Gasteiger partial charge in [-0.2, -0.15) is 0 Å². The van der Waals surface area contributed by atoms with Crippen LogP contribution in [0.25, 0.3) is 0 Å². The normalized spacial score (nSPS) is 16.2. The highest BCUT2D eigenvalue weighted by Gasteiger charge is 2.23. The molecule has 22 heavy (non-hydrogen) atoms. The van der Waals surface area contributed by atoms with Crippen molar-refractivity contribution >= 4 is 5.91 Å². The van der Waals surface area contributed by atoms with Gasteiger partial charge in [0, 0.05) is 25.2 Å². The Hall–Kier alpha value is -2.33. The molecule has 0 fully saturated rings. The standard InChI is InChI=1S/C18H19NO3/c1-19(2)18(21)12-6-8-13(9-7-12)22-17-5-3-4-14-15(17)10-11-16(14)20/h3-9,16,20H,10-11H2,1-2H3/t16-/m0/s1. The third-order valence-corrected chi connectivity index (χ3v) is 3.93. The first-order valence-electron chi connectivity index (χ1n) is 7.35. The van der Waals surface area contributed by atoms with E-state index in [1.807, 2.05) is 18.2 Å². The van der Waals surface area contributed by atoms with Gasteiger partial charge in [-0.1, -0.05) is 12.1 Å². The third-order valence-electron chi connectivity index (χ3n) is 3.93. The van der Waals surface area contributed by atoms with E-state index in [2.05, 4.69) is 0 Å². The van der Waals surface area contributed by atoms with Crippen LogP contribution in [0.5, 0.6) is 11.5 Å². The second kappa shape index (κ2) is 5.81. The fourth-order valence-electron chi connectivity index (χ4n) is 2.75. The molecule has 4 nitrogen and oxygen atoms in total. The monoisotopic (exact) mass is 297 g/mol. The lowest BCUT2D eigenvalue weighted by molar-refractivity contribution is 0.0827. The van der Waals surface area contributed by atoms with Crippen molar-refractivity contribution in [3.63, 3.8) is 0 Å². The summed E-state index contributed by atoms with van der Waals surface area (Å²) in [6.07, 6.45) is 1.18. The lowest BCUT2D eigenvalue weighted by Gasteiger charge is -2.13. The minimum Gasteiger partial charge on any atom is -0.457 e. The number of benzene rings is 2. The predicted octanol–water partition coefficient (Wildman–Crippen LogP) is 3.16.